The average Bonchev–Trinajstić information content (AvgIpc) is 2.84. The predicted molar refractivity (Wildman–Crippen MR) is 103 cm³/mol. The number of ether oxygens (including phenoxy) is 4. The zero-order valence-electron chi connectivity index (χ0n) is 17.9. The van der Waals surface area contributed by atoms with Gasteiger partial charge < -0.3 is 80.2 Å². The molecule has 202 valence electrons. The molecule has 2 saturated heterocycles. The van der Waals surface area contributed by atoms with E-state index in [4.69, 9.17) is 24.1 Å². The zero-order chi connectivity index (χ0) is 25.7. The molecule has 12 N–H and O–H groups in total. The molecule has 0 saturated carbocycles. The summed E-state index contributed by atoms with van der Waals surface area (Å²) < 4.78 is 21.2. The van der Waals surface area contributed by atoms with Crippen LogP contribution in [-0.4, -0.2) is 174 Å². The molecule has 0 aliphatic carbocycles. The predicted octanol–water partition coefficient (Wildman–Crippen LogP) is -7.94. The normalized spacial score (nSPS) is 42.7. The Morgan fingerprint density at radius 1 is 0.618 bits per heavy atom. The highest BCUT2D eigenvalue weighted by Gasteiger charge is 2.51. The molecule has 14 atom stereocenters. The van der Waals surface area contributed by atoms with Crippen molar-refractivity contribution >= 4 is 0 Å². The highest BCUT2D eigenvalue weighted by Crippen LogP contribution is 2.30. The van der Waals surface area contributed by atoms with Gasteiger partial charge in [0.1, 0.15) is 73.2 Å². The van der Waals surface area contributed by atoms with Gasteiger partial charge >= 0.3 is 0 Å². The molecule has 0 bridgehead atoms. The molecule has 0 radical (unpaired) electrons. The van der Waals surface area contributed by atoms with Crippen molar-refractivity contribution in [1.29, 1.82) is 0 Å². The first kappa shape index (κ1) is 29.6. The van der Waals surface area contributed by atoms with Gasteiger partial charge in [-0.1, -0.05) is 0 Å². The Labute approximate surface area is 193 Å². The van der Waals surface area contributed by atoms with E-state index < -0.39 is 112 Å². The van der Waals surface area contributed by atoms with Crippen LogP contribution in [0.4, 0.5) is 0 Å². The molecule has 2 rings (SSSR count). The summed E-state index contributed by atoms with van der Waals surface area (Å²) in [5.41, 5.74) is 0. The average molecular weight is 506 g/mol. The number of hydrogen-bond donors (Lipinski definition) is 12. The first-order valence-corrected chi connectivity index (χ1v) is 10.5. The number of rotatable bonds is 11. The van der Waals surface area contributed by atoms with Crippen LogP contribution >= 0.6 is 0 Å². The molecule has 0 spiro atoms. The summed E-state index contributed by atoms with van der Waals surface area (Å²) in [6.07, 6.45) is -24.7. The first-order valence-electron chi connectivity index (χ1n) is 10.5. The van der Waals surface area contributed by atoms with Crippen LogP contribution in [0.3, 0.4) is 0 Å². The monoisotopic (exact) mass is 506 g/mol. The summed E-state index contributed by atoms with van der Waals surface area (Å²) in [5, 5.41) is 118. The molecule has 16 heteroatoms. The number of hydrogen-bond acceptors (Lipinski definition) is 16. The van der Waals surface area contributed by atoms with Gasteiger partial charge in [0.05, 0.1) is 26.4 Å². The lowest BCUT2D eigenvalue weighted by Crippen LogP contribution is -2.65. The Kier molecular flexibility index (Phi) is 11.4. The van der Waals surface area contributed by atoms with Crippen molar-refractivity contribution in [3.63, 3.8) is 0 Å². The van der Waals surface area contributed by atoms with Crippen LogP contribution in [-0.2, 0) is 18.9 Å². The molecule has 16 nitrogen and oxygen atoms in total. The summed E-state index contributed by atoms with van der Waals surface area (Å²) >= 11 is 0. The highest BCUT2D eigenvalue weighted by molar-refractivity contribution is 4.95. The van der Waals surface area contributed by atoms with E-state index in [0.29, 0.717) is 0 Å². The Balaban J connectivity index is 2.17. The zero-order valence-corrected chi connectivity index (χ0v) is 17.9. The van der Waals surface area contributed by atoms with E-state index >= 15 is 0 Å². The smallest absolute Gasteiger partial charge is 0.187 e. The summed E-state index contributed by atoms with van der Waals surface area (Å²) in [4.78, 5) is 0. The van der Waals surface area contributed by atoms with Crippen LogP contribution in [0.15, 0.2) is 0 Å². The molecule has 0 amide bonds. The van der Waals surface area contributed by atoms with Crippen LogP contribution in [0, 0.1) is 0 Å². The number of aliphatic hydroxyl groups excluding tert-OH is 12. The topological polar surface area (TPSA) is 280 Å². The maximum absolute atomic E-state index is 10.6. The lowest BCUT2D eigenvalue weighted by Gasteiger charge is -2.46. The van der Waals surface area contributed by atoms with Crippen molar-refractivity contribution in [3.05, 3.63) is 0 Å². The van der Waals surface area contributed by atoms with E-state index in [2.05, 4.69) is 0 Å². The van der Waals surface area contributed by atoms with Gasteiger partial charge in [-0.15, -0.1) is 0 Å². The molecular weight excluding hydrogens is 472 g/mol. The first-order chi connectivity index (χ1) is 16.0. The molecule has 2 aliphatic rings. The van der Waals surface area contributed by atoms with Crippen molar-refractivity contribution in [3.8, 4) is 0 Å². The fourth-order valence-corrected chi connectivity index (χ4v) is 3.65. The van der Waals surface area contributed by atoms with Gasteiger partial charge in [-0.25, -0.2) is 0 Å². The molecular formula is C18H34O16. The molecule has 0 aromatic heterocycles. The van der Waals surface area contributed by atoms with Crippen LogP contribution in [0.1, 0.15) is 0 Å². The van der Waals surface area contributed by atoms with Gasteiger partial charge in [0.25, 0.3) is 0 Å². The van der Waals surface area contributed by atoms with Crippen molar-refractivity contribution in [2.24, 2.45) is 0 Å². The molecule has 2 fully saturated rings. The SMILES string of the molecule is OC[C@@H](O)[C@@H](O)[C@H](O[C@H]1O[C@H](CO)[C@@H](O[C@@H]2O[C@H](CO)[C@H](O)[C@H](O)[C@H]2O)[C@H](O)[C@H]1O)[C@H](O)CO. The number of aliphatic hydroxyl groups is 12. The lowest BCUT2D eigenvalue weighted by molar-refractivity contribution is -0.367. The largest absolute Gasteiger partial charge is 0.394 e. The van der Waals surface area contributed by atoms with Gasteiger partial charge in [-0.2, -0.15) is 0 Å². The highest BCUT2D eigenvalue weighted by atomic mass is 16.7. The van der Waals surface area contributed by atoms with Gasteiger partial charge in [-0.3, -0.25) is 0 Å². The fraction of sp³-hybridized carbons (Fsp3) is 1.00. The fourth-order valence-electron chi connectivity index (χ4n) is 3.65. The van der Waals surface area contributed by atoms with Crippen molar-refractivity contribution in [1.82, 2.24) is 0 Å². The van der Waals surface area contributed by atoms with Crippen LogP contribution in [0.25, 0.3) is 0 Å². The Bertz CT molecular complexity index is 594. The minimum Gasteiger partial charge on any atom is -0.394 e. The van der Waals surface area contributed by atoms with Crippen LogP contribution in [0.5, 0.6) is 0 Å². The van der Waals surface area contributed by atoms with Crippen molar-refractivity contribution in [2.75, 3.05) is 26.4 Å². The third-order valence-electron chi connectivity index (χ3n) is 5.74. The summed E-state index contributed by atoms with van der Waals surface area (Å²) in [5.74, 6) is 0. The maximum atomic E-state index is 10.6. The molecule has 34 heavy (non-hydrogen) atoms. The molecule has 0 aromatic rings. The summed E-state index contributed by atoms with van der Waals surface area (Å²) in [6, 6.07) is 0. The summed E-state index contributed by atoms with van der Waals surface area (Å²) in [7, 11) is 0. The van der Waals surface area contributed by atoms with E-state index in [-0.39, 0.29) is 0 Å². The second-order valence-corrected chi connectivity index (χ2v) is 8.10. The van der Waals surface area contributed by atoms with Crippen LogP contribution in [0.2, 0.25) is 0 Å². The standard InChI is InChI=1S/C18H34O16/c19-1-5(23)9(25)15(6(24)2-20)33-18-14(30)12(28)16(8(4-22)32-18)34-17-13(29)11(27)10(26)7(3-21)31-17/h5-30H,1-4H2/t5-,6-,7-,8-,9-,10+,11+,12-,13-,14-,15-,16-,17+,18-/m1/s1. The summed E-state index contributed by atoms with van der Waals surface area (Å²) in [6.45, 7) is -3.52. The van der Waals surface area contributed by atoms with Gasteiger partial charge in [0.2, 0.25) is 0 Å². The van der Waals surface area contributed by atoms with Gasteiger partial charge in [0, 0.05) is 0 Å². The lowest BCUT2D eigenvalue weighted by atomic mass is 9.96. The minimum atomic E-state index is -1.98. The second kappa shape index (κ2) is 13.1. The molecule has 2 heterocycles. The molecule has 2 aliphatic heterocycles. The van der Waals surface area contributed by atoms with E-state index in [1.165, 1.54) is 0 Å². The minimum absolute atomic E-state index is 0.757. The van der Waals surface area contributed by atoms with E-state index in [1.807, 2.05) is 0 Å². The van der Waals surface area contributed by atoms with Crippen molar-refractivity contribution in [2.45, 2.75) is 85.8 Å². The quantitative estimate of drug-likeness (QED) is 0.124. The Morgan fingerprint density at radius 2 is 1.15 bits per heavy atom. The van der Waals surface area contributed by atoms with Gasteiger partial charge in [-0.05, 0) is 0 Å². The maximum Gasteiger partial charge on any atom is 0.187 e. The molecule has 0 unspecified atom stereocenters. The Morgan fingerprint density at radius 3 is 1.68 bits per heavy atom. The van der Waals surface area contributed by atoms with Gasteiger partial charge in [0.15, 0.2) is 12.6 Å². The third kappa shape index (κ3) is 6.37. The van der Waals surface area contributed by atoms with E-state index in [1.54, 1.807) is 0 Å². The Hall–Kier alpha value is -0.640. The van der Waals surface area contributed by atoms with Crippen molar-refractivity contribution < 1.29 is 80.2 Å². The second-order valence-electron chi connectivity index (χ2n) is 8.10. The van der Waals surface area contributed by atoms with Crippen LogP contribution < -0.4 is 0 Å². The molecule has 0 aromatic carbocycles. The third-order valence-corrected chi connectivity index (χ3v) is 5.74. The van der Waals surface area contributed by atoms with E-state index in [0.717, 1.165) is 0 Å². The van der Waals surface area contributed by atoms with E-state index in [9.17, 15) is 56.2 Å².